The van der Waals surface area contributed by atoms with Crippen molar-refractivity contribution in [3.63, 3.8) is 0 Å². The summed E-state index contributed by atoms with van der Waals surface area (Å²) in [5, 5.41) is 3.65. The monoisotopic (exact) mass is 358 g/mol. The van der Waals surface area contributed by atoms with Crippen LogP contribution in [-0.2, 0) is 0 Å². The molecule has 1 heterocycles. The maximum atomic E-state index is 14.3. The van der Waals surface area contributed by atoms with Crippen molar-refractivity contribution in [2.45, 2.75) is 50.6 Å². The van der Waals surface area contributed by atoms with Gasteiger partial charge < -0.3 is 10.2 Å². The molecule has 2 aliphatic rings. The van der Waals surface area contributed by atoms with E-state index in [2.05, 4.69) is 28.2 Å². The third kappa shape index (κ3) is 2.82. The van der Waals surface area contributed by atoms with Crippen molar-refractivity contribution < 1.29 is 8.78 Å². The van der Waals surface area contributed by atoms with Crippen LogP contribution in [0.3, 0.4) is 0 Å². The second kappa shape index (κ2) is 5.84. The van der Waals surface area contributed by atoms with E-state index in [1.165, 1.54) is 25.0 Å². The smallest absolute Gasteiger partial charge is 0.150 e. The van der Waals surface area contributed by atoms with Crippen LogP contribution in [0.1, 0.15) is 39.0 Å². The number of rotatable bonds is 2. The van der Waals surface area contributed by atoms with Gasteiger partial charge in [0.05, 0.1) is 0 Å². The van der Waals surface area contributed by atoms with Crippen LogP contribution in [0.25, 0.3) is 0 Å². The topological polar surface area (TPSA) is 15.3 Å². The van der Waals surface area contributed by atoms with E-state index in [4.69, 9.17) is 0 Å². The third-order valence-corrected chi connectivity index (χ3v) is 5.39. The largest absolute Gasteiger partial charge is 0.361 e. The Bertz CT molecular complexity index is 506. The Hall–Kier alpha value is -0.680. The molecule has 21 heavy (non-hydrogen) atoms. The SMILES string of the molecule is CCC1CNC2(CCCC2)CN1c1c(F)cc(Br)cc1F. The van der Waals surface area contributed by atoms with Gasteiger partial charge in [0, 0.05) is 29.1 Å². The number of nitrogens with one attached hydrogen (secondary N) is 1. The maximum Gasteiger partial charge on any atom is 0.150 e. The minimum atomic E-state index is -0.477. The first-order chi connectivity index (χ1) is 10.0. The predicted molar refractivity (Wildman–Crippen MR) is 84.7 cm³/mol. The van der Waals surface area contributed by atoms with E-state index in [1.54, 1.807) is 0 Å². The Morgan fingerprint density at radius 1 is 1.29 bits per heavy atom. The Morgan fingerprint density at radius 3 is 2.48 bits per heavy atom. The van der Waals surface area contributed by atoms with Gasteiger partial charge in [-0.25, -0.2) is 8.78 Å². The first-order valence-corrected chi connectivity index (χ1v) is 8.50. The molecule has 1 saturated carbocycles. The van der Waals surface area contributed by atoms with Gasteiger partial charge in [0.2, 0.25) is 0 Å². The zero-order valence-electron chi connectivity index (χ0n) is 12.3. The van der Waals surface area contributed by atoms with Gasteiger partial charge in [-0.2, -0.15) is 0 Å². The summed E-state index contributed by atoms with van der Waals surface area (Å²) in [5.41, 5.74) is 0.176. The summed E-state index contributed by atoms with van der Waals surface area (Å²) in [4.78, 5) is 1.96. The molecule has 5 heteroatoms. The molecule has 1 aliphatic carbocycles. The summed E-state index contributed by atoms with van der Waals surface area (Å²) in [5.74, 6) is -0.953. The minimum absolute atomic E-state index is 0.0393. The molecule has 1 N–H and O–H groups in total. The predicted octanol–water partition coefficient (Wildman–Crippen LogP) is 4.23. The lowest BCUT2D eigenvalue weighted by Gasteiger charge is -2.47. The van der Waals surface area contributed by atoms with Crippen LogP contribution in [-0.4, -0.2) is 24.7 Å². The van der Waals surface area contributed by atoms with Crippen molar-refractivity contribution in [1.82, 2.24) is 5.32 Å². The van der Waals surface area contributed by atoms with Crippen LogP contribution in [0, 0.1) is 11.6 Å². The Balaban J connectivity index is 1.97. The lowest BCUT2D eigenvalue weighted by molar-refractivity contribution is 0.264. The first kappa shape index (κ1) is 15.2. The van der Waals surface area contributed by atoms with E-state index >= 15 is 0 Å². The summed E-state index contributed by atoms with van der Waals surface area (Å²) < 4.78 is 29.1. The summed E-state index contributed by atoms with van der Waals surface area (Å²) in [7, 11) is 0. The first-order valence-electron chi connectivity index (χ1n) is 7.71. The summed E-state index contributed by atoms with van der Waals surface area (Å²) in [6.07, 6.45) is 5.46. The lowest BCUT2D eigenvalue weighted by Crippen LogP contribution is -2.63. The number of halogens is 3. The highest BCUT2D eigenvalue weighted by molar-refractivity contribution is 9.10. The number of nitrogens with zero attached hydrogens (tertiary/aromatic N) is 1. The number of anilines is 1. The maximum absolute atomic E-state index is 14.3. The van der Waals surface area contributed by atoms with Gasteiger partial charge in [0.25, 0.3) is 0 Å². The molecule has 0 bridgehead atoms. The average molecular weight is 359 g/mol. The van der Waals surface area contributed by atoms with E-state index < -0.39 is 11.6 Å². The lowest BCUT2D eigenvalue weighted by atomic mass is 9.91. The molecule has 1 aromatic rings. The van der Waals surface area contributed by atoms with E-state index in [0.717, 1.165) is 25.8 Å². The third-order valence-electron chi connectivity index (χ3n) is 4.93. The zero-order chi connectivity index (χ0) is 15.0. The van der Waals surface area contributed by atoms with Gasteiger partial charge in [0.15, 0.2) is 11.6 Å². The molecule has 1 atom stereocenters. The molecule has 116 valence electrons. The molecule has 1 saturated heterocycles. The van der Waals surface area contributed by atoms with Crippen LogP contribution in [0.5, 0.6) is 0 Å². The zero-order valence-corrected chi connectivity index (χ0v) is 13.8. The number of piperazine rings is 1. The Morgan fingerprint density at radius 2 is 1.90 bits per heavy atom. The van der Waals surface area contributed by atoms with Gasteiger partial charge in [-0.3, -0.25) is 0 Å². The molecule has 1 aliphatic heterocycles. The summed E-state index contributed by atoms with van der Waals surface area (Å²) >= 11 is 3.15. The fourth-order valence-corrected chi connectivity index (χ4v) is 4.18. The molecular weight excluding hydrogens is 338 g/mol. The normalized spacial score (nSPS) is 24.8. The van der Waals surface area contributed by atoms with Crippen molar-refractivity contribution in [3.8, 4) is 0 Å². The number of hydrogen-bond donors (Lipinski definition) is 1. The molecule has 0 aromatic heterocycles. The quantitative estimate of drug-likeness (QED) is 0.850. The van der Waals surface area contributed by atoms with Crippen molar-refractivity contribution >= 4 is 21.6 Å². The fraction of sp³-hybridized carbons (Fsp3) is 0.625. The standard InChI is InChI=1S/C16H21BrF2N2/c1-2-12-9-20-16(5-3-4-6-16)10-21(12)15-13(18)7-11(17)8-14(15)19/h7-8,12,20H,2-6,9-10H2,1H3. The molecule has 1 unspecified atom stereocenters. The molecule has 3 rings (SSSR count). The van der Waals surface area contributed by atoms with Crippen LogP contribution in [0.15, 0.2) is 16.6 Å². The van der Waals surface area contributed by atoms with Gasteiger partial charge in [-0.1, -0.05) is 35.7 Å². The molecule has 1 spiro atoms. The van der Waals surface area contributed by atoms with Crippen LogP contribution >= 0.6 is 15.9 Å². The number of hydrogen-bond acceptors (Lipinski definition) is 2. The van der Waals surface area contributed by atoms with Gasteiger partial charge in [-0.05, 0) is 31.4 Å². The summed E-state index contributed by atoms with van der Waals surface area (Å²) in [6.45, 7) is 3.56. The van der Waals surface area contributed by atoms with Crippen molar-refractivity contribution in [2.75, 3.05) is 18.0 Å². The molecule has 0 radical (unpaired) electrons. The highest BCUT2D eigenvalue weighted by Gasteiger charge is 2.42. The molecular formula is C16H21BrF2N2. The van der Waals surface area contributed by atoms with Gasteiger partial charge in [0.1, 0.15) is 5.69 Å². The van der Waals surface area contributed by atoms with Gasteiger partial charge >= 0.3 is 0 Å². The molecule has 2 fully saturated rings. The second-order valence-electron chi connectivity index (χ2n) is 6.28. The van der Waals surface area contributed by atoms with E-state index in [1.807, 2.05) is 4.90 Å². The molecule has 0 amide bonds. The highest BCUT2D eigenvalue weighted by Crippen LogP contribution is 2.37. The summed E-state index contributed by atoms with van der Waals surface area (Å²) in [6, 6.07) is 2.85. The van der Waals surface area contributed by atoms with E-state index in [9.17, 15) is 8.78 Å². The van der Waals surface area contributed by atoms with Crippen LogP contribution in [0.2, 0.25) is 0 Å². The van der Waals surface area contributed by atoms with Crippen molar-refractivity contribution in [3.05, 3.63) is 28.2 Å². The molecule has 2 nitrogen and oxygen atoms in total. The van der Waals surface area contributed by atoms with Crippen molar-refractivity contribution in [2.24, 2.45) is 0 Å². The second-order valence-corrected chi connectivity index (χ2v) is 7.19. The number of benzene rings is 1. The minimum Gasteiger partial charge on any atom is -0.361 e. The highest BCUT2D eigenvalue weighted by atomic mass is 79.9. The molecule has 1 aromatic carbocycles. The van der Waals surface area contributed by atoms with Crippen LogP contribution in [0.4, 0.5) is 14.5 Å². The fourth-order valence-electron chi connectivity index (χ4n) is 3.78. The van der Waals surface area contributed by atoms with Crippen LogP contribution < -0.4 is 10.2 Å². The van der Waals surface area contributed by atoms with E-state index in [0.29, 0.717) is 11.0 Å². The van der Waals surface area contributed by atoms with E-state index in [-0.39, 0.29) is 17.3 Å². The van der Waals surface area contributed by atoms with Gasteiger partial charge in [-0.15, -0.1) is 0 Å². The average Bonchev–Trinajstić information content (AvgIpc) is 2.86. The van der Waals surface area contributed by atoms with Crippen molar-refractivity contribution in [1.29, 1.82) is 0 Å². The Labute approximate surface area is 133 Å². The Kier molecular flexibility index (Phi) is 4.23.